The van der Waals surface area contributed by atoms with E-state index in [2.05, 4.69) is 4.98 Å². The standard InChI is InChI=1S/C25H24ClN3O3/c26-15-24(30)29-12-10-17(11-13-29)18-6-8-21(25(27)31)22(14-18)23-9-7-20(16-28-23)32-19-4-2-1-3-5-19/h1-9,14,16-17H,10-13,15H2,(H2,27,31). The summed E-state index contributed by atoms with van der Waals surface area (Å²) in [6.45, 7) is 1.35. The Morgan fingerprint density at radius 2 is 1.78 bits per heavy atom. The molecule has 3 aromatic rings. The number of nitrogens with zero attached hydrogens (tertiary/aromatic N) is 2. The number of likely N-dealkylation sites (tertiary alicyclic amines) is 1. The molecular formula is C25H24ClN3O3. The molecular weight excluding hydrogens is 426 g/mol. The molecule has 2 heterocycles. The Labute approximate surface area is 192 Å². The summed E-state index contributed by atoms with van der Waals surface area (Å²) in [5, 5.41) is 0. The lowest BCUT2D eigenvalue weighted by atomic mass is 9.87. The fourth-order valence-corrected chi connectivity index (χ4v) is 4.18. The van der Waals surface area contributed by atoms with Crippen molar-refractivity contribution in [1.29, 1.82) is 0 Å². The highest BCUT2D eigenvalue weighted by Crippen LogP contribution is 2.33. The molecule has 0 atom stereocenters. The van der Waals surface area contributed by atoms with Gasteiger partial charge in [0.25, 0.3) is 0 Å². The van der Waals surface area contributed by atoms with Gasteiger partial charge >= 0.3 is 0 Å². The lowest BCUT2D eigenvalue weighted by Gasteiger charge is -2.32. The first-order chi connectivity index (χ1) is 15.5. The van der Waals surface area contributed by atoms with E-state index in [0.29, 0.717) is 35.7 Å². The summed E-state index contributed by atoms with van der Waals surface area (Å²) in [6, 6.07) is 18.8. The smallest absolute Gasteiger partial charge is 0.249 e. The van der Waals surface area contributed by atoms with E-state index < -0.39 is 5.91 Å². The predicted octanol–water partition coefficient (Wildman–Crippen LogP) is 4.58. The van der Waals surface area contributed by atoms with Crippen LogP contribution >= 0.6 is 11.6 Å². The Morgan fingerprint density at radius 3 is 2.41 bits per heavy atom. The molecule has 2 aromatic carbocycles. The minimum atomic E-state index is -0.500. The fraction of sp³-hybridized carbons (Fsp3) is 0.240. The number of para-hydroxylation sites is 1. The summed E-state index contributed by atoms with van der Waals surface area (Å²) in [4.78, 5) is 30.2. The van der Waals surface area contributed by atoms with E-state index in [1.54, 1.807) is 17.2 Å². The van der Waals surface area contributed by atoms with Gasteiger partial charge in [0.05, 0.1) is 11.9 Å². The summed E-state index contributed by atoms with van der Waals surface area (Å²) in [6.07, 6.45) is 3.32. The zero-order valence-corrected chi connectivity index (χ0v) is 18.3. The van der Waals surface area contributed by atoms with Crippen molar-refractivity contribution in [2.45, 2.75) is 18.8 Å². The second-order valence-corrected chi connectivity index (χ2v) is 8.02. The van der Waals surface area contributed by atoms with Crippen LogP contribution in [-0.4, -0.2) is 40.7 Å². The van der Waals surface area contributed by atoms with Crippen molar-refractivity contribution >= 4 is 23.4 Å². The van der Waals surface area contributed by atoms with Gasteiger partial charge in [-0.1, -0.05) is 24.3 Å². The number of hydrogen-bond acceptors (Lipinski definition) is 4. The summed E-state index contributed by atoms with van der Waals surface area (Å²) in [5.74, 6) is 1.10. The van der Waals surface area contributed by atoms with Gasteiger partial charge in [0.15, 0.2) is 0 Å². The lowest BCUT2D eigenvalue weighted by Crippen LogP contribution is -2.38. The summed E-state index contributed by atoms with van der Waals surface area (Å²) in [5.41, 5.74) is 8.50. The van der Waals surface area contributed by atoms with E-state index >= 15 is 0 Å². The third-order valence-electron chi connectivity index (χ3n) is 5.73. The Balaban J connectivity index is 1.56. The Hall–Kier alpha value is -3.38. The van der Waals surface area contributed by atoms with E-state index in [1.165, 1.54) is 0 Å². The van der Waals surface area contributed by atoms with Crippen LogP contribution in [0.25, 0.3) is 11.3 Å². The molecule has 1 aliphatic heterocycles. The minimum absolute atomic E-state index is 0.0117. The number of hydrogen-bond donors (Lipinski definition) is 1. The number of pyridine rings is 1. The predicted molar refractivity (Wildman–Crippen MR) is 124 cm³/mol. The van der Waals surface area contributed by atoms with E-state index in [1.807, 2.05) is 54.6 Å². The number of halogens is 1. The van der Waals surface area contributed by atoms with Crippen LogP contribution in [0.3, 0.4) is 0 Å². The molecule has 0 saturated carbocycles. The maximum Gasteiger partial charge on any atom is 0.249 e. The topological polar surface area (TPSA) is 85.5 Å². The molecule has 164 valence electrons. The largest absolute Gasteiger partial charge is 0.456 e. The SMILES string of the molecule is NC(=O)c1ccc(C2CCN(C(=O)CCl)CC2)cc1-c1ccc(Oc2ccccc2)cn1. The van der Waals surface area contributed by atoms with Crippen LogP contribution in [-0.2, 0) is 4.79 Å². The summed E-state index contributed by atoms with van der Waals surface area (Å²) >= 11 is 5.68. The number of aromatic nitrogens is 1. The molecule has 7 heteroatoms. The van der Waals surface area contributed by atoms with E-state index in [-0.39, 0.29) is 17.7 Å². The highest BCUT2D eigenvalue weighted by atomic mass is 35.5. The number of rotatable bonds is 6. The van der Waals surface area contributed by atoms with Crippen molar-refractivity contribution in [3.63, 3.8) is 0 Å². The van der Waals surface area contributed by atoms with Crippen molar-refractivity contribution in [1.82, 2.24) is 9.88 Å². The highest BCUT2D eigenvalue weighted by molar-refractivity contribution is 6.27. The molecule has 0 unspecified atom stereocenters. The van der Waals surface area contributed by atoms with Crippen molar-refractivity contribution < 1.29 is 14.3 Å². The normalized spacial score (nSPS) is 14.2. The van der Waals surface area contributed by atoms with Gasteiger partial charge in [-0.3, -0.25) is 14.6 Å². The number of piperidine rings is 1. The second kappa shape index (κ2) is 9.83. The van der Waals surface area contributed by atoms with Crippen molar-refractivity contribution in [2.75, 3.05) is 19.0 Å². The van der Waals surface area contributed by atoms with Crippen LogP contribution in [0.1, 0.15) is 34.7 Å². The quantitative estimate of drug-likeness (QED) is 0.558. The number of primary amides is 1. The molecule has 1 saturated heterocycles. The Morgan fingerprint density at radius 1 is 1.03 bits per heavy atom. The number of alkyl halides is 1. The zero-order valence-electron chi connectivity index (χ0n) is 17.5. The molecule has 4 rings (SSSR count). The third kappa shape index (κ3) is 4.92. The maximum absolute atomic E-state index is 12.1. The Bertz CT molecular complexity index is 1100. The molecule has 2 amide bonds. The number of ether oxygens (including phenoxy) is 1. The number of carbonyl (C=O) groups is 2. The monoisotopic (exact) mass is 449 g/mol. The number of benzene rings is 2. The second-order valence-electron chi connectivity index (χ2n) is 7.75. The molecule has 1 aromatic heterocycles. The van der Waals surface area contributed by atoms with Crippen LogP contribution in [0.2, 0.25) is 0 Å². The van der Waals surface area contributed by atoms with Gasteiger partial charge in [-0.25, -0.2) is 0 Å². The van der Waals surface area contributed by atoms with Crippen LogP contribution in [0.4, 0.5) is 0 Å². The zero-order chi connectivity index (χ0) is 22.5. The van der Waals surface area contributed by atoms with Gasteiger partial charge in [-0.05, 0) is 60.7 Å². The third-order valence-corrected chi connectivity index (χ3v) is 5.96. The van der Waals surface area contributed by atoms with Gasteiger partial charge in [0.1, 0.15) is 17.4 Å². The molecule has 0 spiro atoms. The molecule has 1 aliphatic rings. The van der Waals surface area contributed by atoms with E-state index in [0.717, 1.165) is 24.2 Å². The average Bonchev–Trinajstić information content (AvgIpc) is 2.84. The Kier molecular flexibility index (Phi) is 6.71. The number of amides is 2. The maximum atomic E-state index is 12.1. The fourth-order valence-electron chi connectivity index (χ4n) is 4.01. The average molecular weight is 450 g/mol. The van der Waals surface area contributed by atoms with Crippen LogP contribution in [0.15, 0.2) is 66.9 Å². The summed E-state index contributed by atoms with van der Waals surface area (Å²) in [7, 11) is 0. The molecule has 2 N–H and O–H groups in total. The first-order valence-electron chi connectivity index (χ1n) is 10.5. The van der Waals surface area contributed by atoms with Crippen LogP contribution in [0.5, 0.6) is 11.5 Å². The molecule has 0 aliphatic carbocycles. The highest BCUT2D eigenvalue weighted by Gasteiger charge is 2.24. The molecule has 1 fully saturated rings. The van der Waals surface area contributed by atoms with Gasteiger partial charge < -0.3 is 15.4 Å². The van der Waals surface area contributed by atoms with Crippen molar-refractivity contribution in [3.8, 4) is 22.8 Å². The number of nitrogens with two attached hydrogens (primary N) is 1. The van der Waals surface area contributed by atoms with Gasteiger partial charge in [0.2, 0.25) is 11.8 Å². The van der Waals surface area contributed by atoms with Crippen molar-refractivity contribution in [2.24, 2.45) is 5.73 Å². The lowest BCUT2D eigenvalue weighted by molar-refractivity contribution is -0.129. The first-order valence-corrected chi connectivity index (χ1v) is 11.1. The number of carbonyl (C=O) groups excluding carboxylic acids is 2. The van der Waals surface area contributed by atoms with Gasteiger partial charge in [-0.15, -0.1) is 11.6 Å². The molecule has 6 nitrogen and oxygen atoms in total. The van der Waals surface area contributed by atoms with Crippen LogP contribution in [0, 0.1) is 0 Å². The molecule has 0 radical (unpaired) electrons. The van der Waals surface area contributed by atoms with Gasteiger partial charge in [0, 0.05) is 24.2 Å². The van der Waals surface area contributed by atoms with Crippen molar-refractivity contribution in [3.05, 3.63) is 78.0 Å². The van der Waals surface area contributed by atoms with E-state index in [4.69, 9.17) is 22.1 Å². The summed E-state index contributed by atoms with van der Waals surface area (Å²) < 4.78 is 5.81. The minimum Gasteiger partial charge on any atom is -0.456 e. The van der Waals surface area contributed by atoms with Crippen LogP contribution < -0.4 is 10.5 Å². The first kappa shape index (κ1) is 21.8. The van der Waals surface area contributed by atoms with Gasteiger partial charge in [-0.2, -0.15) is 0 Å². The van der Waals surface area contributed by atoms with E-state index in [9.17, 15) is 9.59 Å². The molecule has 32 heavy (non-hydrogen) atoms. The molecule has 0 bridgehead atoms.